The molecule has 0 radical (unpaired) electrons. The smallest absolute Gasteiger partial charge is 0.338 e. The monoisotopic (exact) mass is 339 g/mol. The number of methoxy groups -OCH3 is 1. The van der Waals surface area contributed by atoms with Crippen molar-refractivity contribution in [3.05, 3.63) is 41.8 Å². The van der Waals surface area contributed by atoms with Crippen LogP contribution in [0.3, 0.4) is 0 Å². The molecule has 1 atom stereocenters. The third-order valence-corrected chi connectivity index (χ3v) is 4.01. The number of carbonyl (C=O) groups is 1. The second kappa shape index (κ2) is 7.16. The average Bonchev–Trinajstić information content (AvgIpc) is 2.54. The zero-order valence-corrected chi connectivity index (χ0v) is 13.1. The van der Waals surface area contributed by atoms with Crippen LogP contribution >= 0.6 is 0 Å². The topological polar surface area (TPSA) is 107 Å². The normalized spacial score (nSPS) is 11.7. The van der Waals surface area contributed by atoms with Crippen LogP contribution in [-0.2, 0) is 11.4 Å². The zero-order chi connectivity index (χ0) is 17.0. The van der Waals surface area contributed by atoms with E-state index in [9.17, 15) is 13.7 Å². The Morgan fingerprint density at radius 3 is 2.78 bits per heavy atom. The van der Waals surface area contributed by atoms with Crippen molar-refractivity contribution < 1.29 is 23.6 Å². The van der Waals surface area contributed by atoms with Gasteiger partial charge >= 0.3 is 5.97 Å². The van der Waals surface area contributed by atoms with E-state index in [-0.39, 0.29) is 10.8 Å². The van der Waals surface area contributed by atoms with Crippen molar-refractivity contribution in [2.75, 3.05) is 24.2 Å². The molecule has 0 amide bonds. The van der Waals surface area contributed by atoms with Crippen molar-refractivity contribution in [3.63, 3.8) is 0 Å². The minimum atomic E-state index is -1.82. The van der Waals surface area contributed by atoms with E-state index in [0.717, 1.165) is 12.1 Å². The number of aromatic nitrogens is 1. The molecule has 0 aliphatic heterocycles. The molecule has 7 nitrogen and oxygen atoms in total. The summed E-state index contributed by atoms with van der Waals surface area (Å²) in [5.41, 5.74) is 0.459. The van der Waals surface area contributed by atoms with E-state index in [4.69, 9.17) is 9.84 Å². The van der Waals surface area contributed by atoms with Crippen LogP contribution in [0.15, 0.2) is 35.4 Å². The van der Waals surface area contributed by atoms with Crippen LogP contribution < -0.4 is 14.8 Å². The summed E-state index contributed by atoms with van der Waals surface area (Å²) in [6, 6.07) is 4.85. The van der Waals surface area contributed by atoms with E-state index in [2.05, 4.69) is 15.0 Å². The second-order valence-corrected chi connectivity index (χ2v) is 5.56. The summed E-state index contributed by atoms with van der Waals surface area (Å²) in [4.78, 5) is 15.1. The maximum atomic E-state index is 13.4. The molecule has 23 heavy (non-hydrogen) atoms. The second-order valence-electron chi connectivity index (χ2n) is 4.35. The van der Waals surface area contributed by atoms with Gasteiger partial charge < -0.3 is 19.7 Å². The Balaban J connectivity index is 2.30. The van der Waals surface area contributed by atoms with E-state index < -0.39 is 28.7 Å². The number of pyridine rings is 1. The van der Waals surface area contributed by atoms with Gasteiger partial charge in [-0.1, -0.05) is 0 Å². The van der Waals surface area contributed by atoms with Gasteiger partial charge in [0.25, 0.3) is 0 Å². The summed E-state index contributed by atoms with van der Waals surface area (Å²) in [5.74, 6) is -2.11. The van der Waals surface area contributed by atoms with Crippen molar-refractivity contribution >= 4 is 28.7 Å². The molecule has 3 N–H and O–H groups in total. The molecule has 2 aromatic rings. The Kier molecular flexibility index (Phi) is 5.24. The highest BCUT2D eigenvalue weighted by Crippen LogP contribution is 2.27. The maximum Gasteiger partial charge on any atom is 0.338 e. The Labute approximate surface area is 134 Å². The molecule has 1 heterocycles. The quantitative estimate of drug-likeness (QED) is 0.692. The number of rotatable bonds is 6. The SMILES string of the molecule is CNc1cnc(OC)c(N[S+]([O-])c2ccc(F)c(C(=O)O)c2)c1. The molecule has 0 saturated carbocycles. The van der Waals surface area contributed by atoms with E-state index >= 15 is 0 Å². The van der Waals surface area contributed by atoms with E-state index in [0.29, 0.717) is 11.4 Å². The van der Waals surface area contributed by atoms with Crippen LogP contribution in [0.1, 0.15) is 10.4 Å². The third-order valence-electron chi connectivity index (χ3n) is 2.92. The lowest BCUT2D eigenvalue weighted by Crippen LogP contribution is -2.15. The van der Waals surface area contributed by atoms with Gasteiger partial charge in [0.1, 0.15) is 28.4 Å². The van der Waals surface area contributed by atoms with Gasteiger partial charge in [-0.3, -0.25) is 0 Å². The highest BCUT2D eigenvalue weighted by molar-refractivity contribution is 7.92. The van der Waals surface area contributed by atoms with Gasteiger partial charge in [-0.15, -0.1) is 0 Å². The number of hydrogen-bond acceptors (Lipinski definition) is 6. The van der Waals surface area contributed by atoms with Gasteiger partial charge in [0, 0.05) is 13.1 Å². The first-order valence-electron chi connectivity index (χ1n) is 6.39. The van der Waals surface area contributed by atoms with Crippen molar-refractivity contribution in [2.45, 2.75) is 4.90 Å². The predicted octanol–water partition coefficient (Wildman–Crippen LogP) is 2.10. The molecule has 122 valence electrons. The summed E-state index contributed by atoms with van der Waals surface area (Å²) in [5, 5.41) is 11.8. The lowest BCUT2D eigenvalue weighted by Gasteiger charge is -2.14. The fraction of sp³-hybridized carbons (Fsp3) is 0.143. The molecule has 0 aliphatic carbocycles. The van der Waals surface area contributed by atoms with Crippen LogP contribution in [0.5, 0.6) is 5.88 Å². The molecule has 1 aromatic heterocycles. The lowest BCUT2D eigenvalue weighted by atomic mass is 10.2. The highest BCUT2D eigenvalue weighted by atomic mass is 32.2. The van der Waals surface area contributed by atoms with Crippen molar-refractivity contribution in [1.29, 1.82) is 0 Å². The van der Waals surface area contributed by atoms with Crippen molar-refractivity contribution in [2.24, 2.45) is 0 Å². The summed E-state index contributed by atoms with van der Waals surface area (Å²) in [6.07, 6.45) is 1.54. The van der Waals surface area contributed by atoms with Crippen LogP contribution in [0.4, 0.5) is 15.8 Å². The number of benzene rings is 1. The molecule has 2 rings (SSSR count). The molecule has 0 spiro atoms. The number of anilines is 2. The fourth-order valence-corrected chi connectivity index (χ4v) is 2.65. The molecular formula is C14H14FN3O4S. The molecule has 0 saturated heterocycles. The van der Waals surface area contributed by atoms with Gasteiger partial charge in [0.15, 0.2) is 4.90 Å². The number of carboxylic acid groups (broad SMARTS) is 1. The molecule has 0 fully saturated rings. The number of nitrogens with one attached hydrogen (secondary N) is 2. The fourth-order valence-electron chi connectivity index (χ4n) is 1.77. The van der Waals surface area contributed by atoms with E-state index in [1.807, 2.05) is 0 Å². The highest BCUT2D eigenvalue weighted by Gasteiger charge is 2.20. The van der Waals surface area contributed by atoms with Crippen LogP contribution in [0.25, 0.3) is 0 Å². The number of ether oxygens (including phenoxy) is 1. The molecule has 0 bridgehead atoms. The van der Waals surface area contributed by atoms with Crippen LogP contribution in [0, 0.1) is 5.82 Å². The molecule has 1 aromatic carbocycles. The first-order valence-corrected chi connectivity index (χ1v) is 7.54. The standard InChI is InChI=1S/C14H14FN3O4S/c1-16-8-5-12(13(22-2)17-7-8)18-23(21)9-3-4-11(15)10(6-9)14(19)20/h3-7,16,18H,1-2H3,(H,19,20). The molecule has 0 aliphatic rings. The number of hydrogen-bond donors (Lipinski definition) is 3. The average molecular weight is 339 g/mol. The van der Waals surface area contributed by atoms with Gasteiger partial charge in [0.05, 0.1) is 19.0 Å². The molecule has 9 heteroatoms. The zero-order valence-electron chi connectivity index (χ0n) is 12.3. The van der Waals surface area contributed by atoms with E-state index in [1.54, 1.807) is 13.1 Å². The summed E-state index contributed by atoms with van der Waals surface area (Å²) >= 11 is -1.82. The molecule has 1 unspecified atom stereocenters. The number of nitrogens with zero attached hydrogens (tertiary/aromatic N) is 1. The summed E-state index contributed by atoms with van der Waals surface area (Å²) < 4.78 is 33.5. The van der Waals surface area contributed by atoms with Crippen LogP contribution in [0.2, 0.25) is 0 Å². The number of halogens is 1. The minimum Gasteiger partial charge on any atom is -0.588 e. The first-order chi connectivity index (χ1) is 11.0. The van der Waals surface area contributed by atoms with Gasteiger partial charge in [0.2, 0.25) is 5.88 Å². The molecular weight excluding hydrogens is 325 g/mol. The Morgan fingerprint density at radius 2 is 2.17 bits per heavy atom. The lowest BCUT2D eigenvalue weighted by molar-refractivity contribution is 0.0691. The van der Waals surface area contributed by atoms with Gasteiger partial charge in [-0.25, -0.2) is 14.2 Å². The van der Waals surface area contributed by atoms with Gasteiger partial charge in [-0.05, 0) is 18.2 Å². The number of aromatic carboxylic acids is 1. The third kappa shape index (κ3) is 3.82. The van der Waals surface area contributed by atoms with Crippen molar-refractivity contribution in [1.82, 2.24) is 4.98 Å². The first kappa shape index (κ1) is 16.8. The Morgan fingerprint density at radius 1 is 1.43 bits per heavy atom. The number of carboxylic acids is 1. The maximum absolute atomic E-state index is 13.4. The van der Waals surface area contributed by atoms with Crippen molar-refractivity contribution in [3.8, 4) is 5.88 Å². The summed E-state index contributed by atoms with van der Waals surface area (Å²) in [6.45, 7) is 0. The Bertz CT molecular complexity index is 729. The largest absolute Gasteiger partial charge is 0.588 e. The van der Waals surface area contributed by atoms with Gasteiger partial charge in [-0.2, -0.15) is 4.72 Å². The predicted molar refractivity (Wildman–Crippen MR) is 83.7 cm³/mol. The van der Waals surface area contributed by atoms with Crippen LogP contribution in [-0.4, -0.2) is 34.8 Å². The minimum absolute atomic E-state index is 0.112. The van der Waals surface area contributed by atoms with E-state index in [1.165, 1.54) is 19.4 Å². The Hall–Kier alpha value is -2.52. The summed E-state index contributed by atoms with van der Waals surface area (Å²) in [7, 11) is 3.11.